The minimum atomic E-state index is -0.187. The predicted octanol–water partition coefficient (Wildman–Crippen LogP) is 3.70. The van der Waals surface area contributed by atoms with Crippen LogP contribution < -0.4 is 10.5 Å². The van der Waals surface area contributed by atoms with Crippen molar-refractivity contribution in [3.63, 3.8) is 0 Å². The van der Waals surface area contributed by atoms with Crippen molar-refractivity contribution in [3.8, 4) is 0 Å². The number of hydrogen-bond acceptors (Lipinski definition) is 5. The third kappa shape index (κ3) is 5.25. The van der Waals surface area contributed by atoms with Crippen LogP contribution in [-0.4, -0.2) is 53.9 Å². The number of unbranched alkanes of at least 4 members (excludes halogenated alkanes) is 2. The third-order valence-corrected chi connectivity index (χ3v) is 6.12. The zero-order valence-corrected chi connectivity index (χ0v) is 19.5. The first kappa shape index (κ1) is 23.0. The number of benzene rings is 2. The number of aryl methyl sites for hydroxylation is 1. The lowest BCUT2D eigenvalue weighted by molar-refractivity contribution is 0.0778. The van der Waals surface area contributed by atoms with Crippen molar-refractivity contribution in [1.29, 1.82) is 0 Å². The van der Waals surface area contributed by atoms with Crippen molar-refractivity contribution in [3.05, 3.63) is 70.1 Å². The molecule has 0 radical (unpaired) electrons. The maximum Gasteiger partial charge on any atom is 0.274 e. The molecular formula is C26H32N4O3. The Morgan fingerprint density at radius 3 is 2.42 bits per heavy atom. The highest BCUT2D eigenvalue weighted by Gasteiger charge is 2.20. The molecule has 2 heterocycles. The SMILES string of the molecule is CCCCCn1nc(C(=O)N(C)Cc2ccc(N3CCOCC3)cc2)c2ccccc2c1=O. The Balaban J connectivity index is 1.54. The summed E-state index contributed by atoms with van der Waals surface area (Å²) in [5, 5.41) is 5.65. The molecule has 0 saturated carbocycles. The van der Waals surface area contributed by atoms with Gasteiger partial charge in [-0.3, -0.25) is 9.59 Å². The molecule has 2 aromatic carbocycles. The smallest absolute Gasteiger partial charge is 0.274 e. The molecule has 1 aliphatic heterocycles. The first-order valence-electron chi connectivity index (χ1n) is 11.8. The van der Waals surface area contributed by atoms with Crippen LogP contribution in [0.15, 0.2) is 53.3 Å². The average Bonchev–Trinajstić information content (AvgIpc) is 2.86. The summed E-state index contributed by atoms with van der Waals surface area (Å²) >= 11 is 0. The minimum absolute atomic E-state index is 0.139. The van der Waals surface area contributed by atoms with E-state index in [0.29, 0.717) is 29.6 Å². The van der Waals surface area contributed by atoms with E-state index in [2.05, 4.69) is 41.2 Å². The molecule has 1 aliphatic rings. The molecule has 0 aliphatic carbocycles. The van der Waals surface area contributed by atoms with Crippen molar-refractivity contribution in [1.82, 2.24) is 14.7 Å². The molecule has 33 heavy (non-hydrogen) atoms. The van der Waals surface area contributed by atoms with Gasteiger partial charge < -0.3 is 14.5 Å². The van der Waals surface area contributed by atoms with Crippen LogP contribution in [0.1, 0.15) is 42.2 Å². The number of amides is 1. The zero-order chi connectivity index (χ0) is 23.2. The van der Waals surface area contributed by atoms with Gasteiger partial charge >= 0.3 is 0 Å². The number of fused-ring (bicyclic) bond motifs is 1. The summed E-state index contributed by atoms with van der Waals surface area (Å²) in [6, 6.07) is 15.6. The molecule has 0 bridgehead atoms. The Morgan fingerprint density at radius 2 is 1.73 bits per heavy atom. The Labute approximate surface area is 194 Å². The first-order chi connectivity index (χ1) is 16.1. The van der Waals surface area contributed by atoms with Gasteiger partial charge in [-0.25, -0.2) is 4.68 Å². The van der Waals surface area contributed by atoms with Crippen LogP contribution in [0.25, 0.3) is 10.8 Å². The van der Waals surface area contributed by atoms with Gasteiger partial charge in [0.2, 0.25) is 0 Å². The largest absolute Gasteiger partial charge is 0.378 e. The quantitative estimate of drug-likeness (QED) is 0.492. The molecule has 1 aromatic heterocycles. The Kier molecular flexibility index (Phi) is 7.40. The van der Waals surface area contributed by atoms with E-state index in [9.17, 15) is 9.59 Å². The number of anilines is 1. The van der Waals surface area contributed by atoms with Crippen molar-refractivity contribution in [2.45, 2.75) is 39.3 Å². The van der Waals surface area contributed by atoms with Gasteiger partial charge in [-0.05, 0) is 30.2 Å². The lowest BCUT2D eigenvalue weighted by Crippen LogP contribution is -2.36. The highest BCUT2D eigenvalue weighted by Crippen LogP contribution is 2.19. The van der Waals surface area contributed by atoms with E-state index >= 15 is 0 Å². The summed E-state index contributed by atoms with van der Waals surface area (Å²) in [5.74, 6) is -0.187. The maximum atomic E-state index is 13.4. The van der Waals surface area contributed by atoms with Gasteiger partial charge in [0, 0.05) is 44.3 Å². The highest BCUT2D eigenvalue weighted by molar-refractivity contribution is 6.04. The summed E-state index contributed by atoms with van der Waals surface area (Å²) in [6.07, 6.45) is 2.94. The molecule has 174 valence electrons. The van der Waals surface area contributed by atoms with Gasteiger partial charge in [0.1, 0.15) is 0 Å². The summed E-state index contributed by atoms with van der Waals surface area (Å²) in [6.45, 7) is 6.39. The predicted molar refractivity (Wildman–Crippen MR) is 131 cm³/mol. The number of morpholine rings is 1. The van der Waals surface area contributed by atoms with Crippen LogP contribution >= 0.6 is 0 Å². The standard InChI is InChI=1S/C26H32N4O3/c1-3-4-7-14-30-25(31)23-9-6-5-8-22(23)24(27-30)26(32)28(2)19-20-10-12-21(13-11-20)29-15-17-33-18-16-29/h5-6,8-13H,3-4,7,14-19H2,1-2H3. The van der Waals surface area contributed by atoms with Crippen molar-refractivity contribution < 1.29 is 9.53 Å². The zero-order valence-electron chi connectivity index (χ0n) is 19.5. The van der Waals surface area contributed by atoms with Crippen molar-refractivity contribution in [2.75, 3.05) is 38.3 Å². The second-order valence-corrected chi connectivity index (χ2v) is 8.56. The monoisotopic (exact) mass is 448 g/mol. The Hall–Kier alpha value is -3.19. The van der Waals surface area contributed by atoms with Gasteiger partial charge in [-0.15, -0.1) is 0 Å². The van der Waals surface area contributed by atoms with Gasteiger partial charge in [0.25, 0.3) is 11.5 Å². The number of nitrogens with zero attached hydrogens (tertiary/aromatic N) is 4. The molecule has 7 nitrogen and oxygen atoms in total. The Morgan fingerprint density at radius 1 is 1.03 bits per heavy atom. The number of aromatic nitrogens is 2. The fourth-order valence-electron chi connectivity index (χ4n) is 4.22. The average molecular weight is 449 g/mol. The topological polar surface area (TPSA) is 67.7 Å². The molecule has 0 N–H and O–H groups in total. The fourth-order valence-corrected chi connectivity index (χ4v) is 4.22. The van der Waals surface area contributed by atoms with E-state index < -0.39 is 0 Å². The lowest BCUT2D eigenvalue weighted by Gasteiger charge is -2.29. The van der Waals surface area contributed by atoms with Crippen LogP contribution in [0.3, 0.4) is 0 Å². The van der Waals surface area contributed by atoms with E-state index in [1.165, 1.54) is 10.4 Å². The van der Waals surface area contributed by atoms with E-state index in [1.54, 1.807) is 24.1 Å². The summed E-state index contributed by atoms with van der Waals surface area (Å²) in [5.41, 5.74) is 2.40. The molecule has 0 unspecified atom stereocenters. The number of carbonyl (C=O) groups is 1. The van der Waals surface area contributed by atoms with Gasteiger partial charge in [0.15, 0.2) is 5.69 Å². The molecule has 4 rings (SSSR count). The third-order valence-electron chi connectivity index (χ3n) is 6.12. The van der Waals surface area contributed by atoms with E-state index in [1.807, 2.05) is 12.1 Å². The van der Waals surface area contributed by atoms with E-state index in [0.717, 1.165) is 51.1 Å². The molecule has 1 saturated heterocycles. The fraction of sp³-hybridized carbons (Fsp3) is 0.423. The first-order valence-corrected chi connectivity index (χ1v) is 11.8. The lowest BCUT2D eigenvalue weighted by atomic mass is 10.1. The summed E-state index contributed by atoms with van der Waals surface area (Å²) in [4.78, 5) is 30.3. The Bertz CT molecular complexity index is 1150. The van der Waals surface area contributed by atoms with Crippen molar-refractivity contribution >= 4 is 22.4 Å². The molecular weight excluding hydrogens is 416 g/mol. The maximum absolute atomic E-state index is 13.4. The molecule has 1 amide bonds. The summed E-state index contributed by atoms with van der Waals surface area (Å²) in [7, 11) is 1.78. The second-order valence-electron chi connectivity index (χ2n) is 8.56. The van der Waals surface area contributed by atoms with Crippen LogP contribution in [0.4, 0.5) is 5.69 Å². The number of hydrogen-bond donors (Lipinski definition) is 0. The van der Waals surface area contributed by atoms with Crippen LogP contribution in [0.5, 0.6) is 0 Å². The van der Waals surface area contributed by atoms with E-state index in [-0.39, 0.29) is 11.5 Å². The van der Waals surface area contributed by atoms with E-state index in [4.69, 9.17) is 4.74 Å². The number of ether oxygens (including phenoxy) is 1. The second kappa shape index (κ2) is 10.6. The highest BCUT2D eigenvalue weighted by atomic mass is 16.5. The van der Waals surface area contributed by atoms with Gasteiger partial charge in [-0.1, -0.05) is 50.1 Å². The molecule has 0 spiro atoms. The number of rotatable bonds is 8. The van der Waals surface area contributed by atoms with Crippen LogP contribution in [0.2, 0.25) is 0 Å². The van der Waals surface area contributed by atoms with Crippen LogP contribution in [0, 0.1) is 0 Å². The molecule has 7 heteroatoms. The van der Waals surface area contributed by atoms with Crippen LogP contribution in [-0.2, 0) is 17.8 Å². The molecule has 0 atom stereocenters. The molecule has 1 fully saturated rings. The van der Waals surface area contributed by atoms with Crippen molar-refractivity contribution in [2.24, 2.45) is 0 Å². The normalized spacial score (nSPS) is 13.9. The van der Waals surface area contributed by atoms with Gasteiger partial charge in [-0.2, -0.15) is 5.10 Å². The molecule has 3 aromatic rings. The minimum Gasteiger partial charge on any atom is -0.378 e. The van der Waals surface area contributed by atoms with Gasteiger partial charge in [0.05, 0.1) is 18.6 Å². The number of carbonyl (C=O) groups excluding carboxylic acids is 1. The summed E-state index contributed by atoms with van der Waals surface area (Å²) < 4.78 is 6.88.